The van der Waals surface area contributed by atoms with Crippen molar-refractivity contribution in [3.8, 4) is 0 Å². The number of benzene rings is 1. The molecular weight excluding hydrogens is 318 g/mol. The maximum atomic E-state index is 12.6. The third-order valence-corrected chi connectivity index (χ3v) is 5.99. The Morgan fingerprint density at radius 1 is 1.30 bits per heavy atom. The fourth-order valence-corrected chi connectivity index (χ4v) is 4.56. The molecule has 1 saturated carbocycles. The van der Waals surface area contributed by atoms with E-state index in [0.717, 1.165) is 0 Å². The first-order valence-corrected chi connectivity index (χ1v) is 8.91. The third kappa shape index (κ3) is 2.87. The quantitative estimate of drug-likeness (QED) is 0.801. The largest absolute Gasteiger partial charge is 0.353 e. The number of aromatic nitrogens is 2. The number of rotatable bonds is 6. The molecule has 1 aliphatic carbocycles. The van der Waals surface area contributed by atoms with E-state index in [1.54, 1.807) is 39.5 Å². The van der Waals surface area contributed by atoms with Crippen LogP contribution >= 0.6 is 0 Å². The van der Waals surface area contributed by atoms with Crippen LogP contribution in [0.1, 0.15) is 12.8 Å². The molecule has 1 N–H and O–H groups in total. The lowest BCUT2D eigenvalue weighted by Gasteiger charge is -2.45. The summed E-state index contributed by atoms with van der Waals surface area (Å²) in [6.45, 7) is 0.357. The molecule has 2 aromatic rings. The van der Waals surface area contributed by atoms with Gasteiger partial charge >= 0.3 is 0 Å². The summed E-state index contributed by atoms with van der Waals surface area (Å²) < 4.78 is 40.0. The zero-order valence-electron chi connectivity index (χ0n) is 13.4. The molecular formula is C15H21N3O4S. The molecule has 0 unspecified atom stereocenters. The fraction of sp³-hybridized carbons (Fsp3) is 0.533. The van der Waals surface area contributed by atoms with E-state index in [1.807, 2.05) is 6.07 Å². The number of fused-ring (bicyclic) bond motifs is 1. The van der Waals surface area contributed by atoms with Crippen molar-refractivity contribution in [1.29, 1.82) is 0 Å². The van der Waals surface area contributed by atoms with Crippen LogP contribution in [-0.4, -0.2) is 44.7 Å². The van der Waals surface area contributed by atoms with Crippen molar-refractivity contribution in [3.63, 3.8) is 0 Å². The molecule has 1 fully saturated rings. The molecule has 1 aromatic heterocycles. The molecule has 1 aromatic carbocycles. The van der Waals surface area contributed by atoms with Crippen LogP contribution in [0.2, 0.25) is 0 Å². The Labute approximate surface area is 135 Å². The molecule has 0 amide bonds. The summed E-state index contributed by atoms with van der Waals surface area (Å²) >= 11 is 0. The highest BCUT2D eigenvalue weighted by molar-refractivity contribution is 7.89. The van der Waals surface area contributed by atoms with Gasteiger partial charge in [0.1, 0.15) is 0 Å². The average Bonchev–Trinajstić information content (AvgIpc) is 2.83. The van der Waals surface area contributed by atoms with E-state index >= 15 is 0 Å². The summed E-state index contributed by atoms with van der Waals surface area (Å²) in [4.78, 5) is 0. The van der Waals surface area contributed by atoms with Gasteiger partial charge in [-0.25, -0.2) is 13.1 Å². The van der Waals surface area contributed by atoms with Crippen LogP contribution in [-0.2, 0) is 26.5 Å². The minimum Gasteiger partial charge on any atom is -0.353 e. The van der Waals surface area contributed by atoms with Crippen LogP contribution in [0.4, 0.5) is 0 Å². The van der Waals surface area contributed by atoms with Gasteiger partial charge in [0, 0.05) is 46.0 Å². The monoisotopic (exact) mass is 339 g/mol. The van der Waals surface area contributed by atoms with Gasteiger partial charge in [-0.05, 0) is 18.1 Å². The minimum absolute atomic E-state index is 0.192. The summed E-state index contributed by atoms with van der Waals surface area (Å²) in [7, 11) is 1.22. The number of methoxy groups -OCH3 is 2. The average molecular weight is 339 g/mol. The van der Waals surface area contributed by atoms with Crippen LogP contribution < -0.4 is 4.72 Å². The maximum Gasteiger partial charge on any atom is 0.258 e. The van der Waals surface area contributed by atoms with E-state index in [9.17, 15) is 8.42 Å². The van der Waals surface area contributed by atoms with Crippen molar-refractivity contribution < 1.29 is 17.9 Å². The molecule has 8 heteroatoms. The van der Waals surface area contributed by atoms with E-state index in [-0.39, 0.29) is 10.9 Å². The Balaban J connectivity index is 1.74. The Kier molecular flexibility index (Phi) is 4.18. The number of hydrogen-bond acceptors (Lipinski definition) is 5. The van der Waals surface area contributed by atoms with Crippen molar-refractivity contribution in [2.45, 2.75) is 23.7 Å². The highest BCUT2D eigenvalue weighted by atomic mass is 32.2. The molecule has 0 bridgehead atoms. The van der Waals surface area contributed by atoms with E-state index in [0.29, 0.717) is 30.3 Å². The predicted octanol–water partition coefficient (Wildman–Crippen LogP) is 1.25. The summed E-state index contributed by atoms with van der Waals surface area (Å²) in [6.07, 6.45) is 1.35. The van der Waals surface area contributed by atoms with Crippen LogP contribution in [0.15, 0.2) is 29.3 Å². The lowest BCUT2D eigenvalue weighted by molar-refractivity contribution is -0.268. The predicted molar refractivity (Wildman–Crippen MR) is 85.4 cm³/mol. The Morgan fingerprint density at radius 2 is 1.96 bits per heavy atom. The molecule has 0 saturated heterocycles. The van der Waals surface area contributed by atoms with Gasteiger partial charge in [0.05, 0.1) is 5.52 Å². The molecule has 0 aliphatic heterocycles. The van der Waals surface area contributed by atoms with Crippen molar-refractivity contribution in [1.82, 2.24) is 14.5 Å². The zero-order valence-corrected chi connectivity index (χ0v) is 14.3. The van der Waals surface area contributed by atoms with Crippen LogP contribution in [0.3, 0.4) is 0 Å². The Bertz CT molecular complexity index is 803. The highest BCUT2D eigenvalue weighted by Crippen LogP contribution is 2.40. The molecule has 0 spiro atoms. The molecule has 0 atom stereocenters. The van der Waals surface area contributed by atoms with Crippen LogP contribution in [0.25, 0.3) is 10.9 Å². The first-order valence-electron chi connectivity index (χ1n) is 7.42. The highest BCUT2D eigenvalue weighted by Gasteiger charge is 2.45. The molecule has 23 heavy (non-hydrogen) atoms. The lowest BCUT2D eigenvalue weighted by Crippen LogP contribution is -2.50. The summed E-state index contributed by atoms with van der Waals surface area (Å²) in [5.41, 5.74) is 0.664. The van der Waals surface area contributed by atoms with Crippen molar-refractivity contribution in [2.24, 2.45) is 13.0 Å². The second kappa shape index (κ2) is 5.86. The van der Waals surface area contributed by atoms with Gasteiger partial charge in [0.2, 0.25) is 0 Å². The molecule has 0 radical (unpaired) electrons. The van der Waals surface area contributed by atoms with E-state index in [4.69, 9.17) is 9.47 Å². The first kappa shape index (κ1) is 16.4. The minimum atomic E-state index is -3.63. The van der Waals surface area contributed by atoms with Crippen molar-refractivity contribution >= 4 is 20.9 Å². The topological polar surface area (TPSA) is 82.4 Å². The van der Waals surface area contributed by atoms with Crippen molar-refractivity contribution in [2.75, 3.05) is 20.8 Å². The number of sulfonamides is 1. The number of nitrogens with zero attached hydrogens (tertiary/aromatic N) is 2. The van der Waals surface area contributed by atoms with Gasteiger partial charge in [0.15, 0.2) is 10.8 Å². The van der Waals surface area contributed by atoms with Gasteiger partial charge in [-0.15, -0.1) is 0 Å². The van der Waals surface area contributed by atoms with Crippen molar-refractivity contribution in [3.05, 3.63) is 24.3 Å². The Morgan fingerprint density at radius 3 is 2.61 bits per heavy atom. The number of hydrogen-bond donors (Lipinski definition) is 1. The normalized spacial score (nSPS) is 18.2. The second-order valence-corrected chi connectivity index (χ2v) is 7.57. The number of aryl methyl sites for hydroxylation is 1. The second-order valence-electron chi connectivity index (χ2n) is 5.89. The van der Waals surface area contributed by atoms with Gasteiger partial charge in [-0.2, -0.15) is 5.10 Å². The number of ether oxygens (including phenoxy) is 2. The molecule has 3 rings (SSSR count). The van der Waals surface area contributed by atoms with Crippen LogP contribution in [0.5, 0.6) is 0 Å². The molecule has 7 nitrogen and oxygen atoms in total. The smallest absolute Gasteiger partial charge is 0.258 e. The molecule has 126 valence electrons. The third-order valence-electron chi connectivity index (χ3n) is 4.45. The molecule has 1 heterocycles. The first-order chi connectivity index (χ1) is 10.9. The fourth-order valence-electron chi connectivity index (χ4n) is 3.12. The van der Waals surface area contributed by atoms with E-state index in [1.165, 1.54) is 4.68 Å². The molecule has 1 aliphatic rings. The van der Waals surface area contributed by atoms with E-state index in [2.05, 4.69) is 9.82 Å². The summed E-state index contributed by atoms with van der Waals surface area (Å²) in [5, 5.41) is 5.06. The number of nitrogens with one attached hydrogen (secondary N) is 1. The zero-order chi connectivity index (χ0) is 16.7. The Hall–Kier alpha value is -1.48. The SMILES string of the molecule is COC1(OC)CC(CNS(=O)(=O)c2c3ccccc3nn2C)C1. The van der Waals surface area contributed by atoms with Gasteiger partial charge in [-0.3, -0.25) is 4.68 Å². The van der Waals surface area contributed by atoms with Crippen LogP contribution in [0, 0.1) is 5.92 Å². The lowest BCUT2D eigenvalue weighted by atomic mass is 9.79. The van der Waals surface area contributed by atoms with E-state index < -0.39 is 15.8 Å². The van der Waals surface area contributed by atoms with Gasteiger partial charge in [0.25, 0.3) is 10.0 Å². The summed E-state index contributed by atoms with van der Waals surface area (Å²) in [5.74, 6) is -0.362. The summed E-state index contributed by atoms with van der Waals surface area (Å²) in [6, 6.07) is 7.20. The maximum absolute atomic E-state index is 12.6. The van der Waals surface area contributed by atoms with Gasteiger partial charge in [-0.1, -0.05) is 12.1 Å². The standard InChI is InChI=1S/C15H21N3O4S/c1-18-14(12-6-4-5-7-13(12)17-18)23(19,20)16-10-11-8-15(9-11,21-2)22-3/h4-7,11,16H,8-10H2,1-3H3. The van der Waals surface area contributed by atoms with Gasteiger partial charge < -0.3 is 9.47 Å².